The molecule has 0 unspecified atom stereocenters. The lowest BCUT2D eigenvalue weighted by Crippen LogP contribution is -2.40. The smallest absolute Gasteiger partial charge is 0.274 e. The van der Waals surface area contributed by atoms with Crippen molar-refractivity contribution in [2.45, 2.75) is 25.4 Å². The van der Waals surface area contributed by atoms with E-state index < -0.39 is 0 Å². The van der Waals surface area contributed by atoms with Crippen molar-refractivity contribution in [2.75, 3.05) is 37.7 Å². The van der Waals surface area contributed by atoms with Gasteiger partial charge in [-0.1, -0.05) is 12.1 Å². The molecule has 142 valence electrons. The van der Waals surface area contributed by atoms with Gasteiger partial charge in [0.15, 0.2) is 0 Å². The molecule has 1 amide bonds. The van der Waals surface area contributed by atoms with Crippen LogP contribution >= 0.6 is 0 Å². The SMILES string of the molecule is O=C(c1cncc(N2CCO[C@@H](c3ccc(F)cc3)C2)n1)N1CCCCC1. The van der Waals surface area contributed by atoms with Gasteiger partial charge in [0, 0.05) is 26.2 Å². The predicted molar refractivity (Wildman–Crippen MR) is 99.1 cm³/mol. The topological polar surface area (TPSA) is 58.6 Å². The zero-order valence-corrected chi connectivity index (χ0v) is 15.2. The molecule has 1 aromatic heterocycles. The molecule has 1 aromatic carbocycles. The van der Waals surface area contributed by atoms with Crippen LogP contribution < -0.4 is 4.90 Å². The van der Waals surface area contributed by atoms with Crippen LogP contribution in [0.25, 0.3) is 0 Å². The Morgan fingerprint density at radius 1 is 1.07 bits per heavy atom. The molecule has 1 atom stereocenters. The standard InChI is InChI=1S/C20H23FN4O2/c21-16-6-4-15(5-7-16)18-14-25(10-11-27-18)19-13-22-12-17(23-19)20(26)24-8-2-1-3-9-24/h4-7,12-13,18H,1-3,8-11,14H2/t18-/m1/s1. The number of halogens is 1. The van der Waals surface area contributed by atoms with Crippen molar-refractivity contribution in [1.82, 2.24) is 14.9 Å². The Bertz CT molecular complexity index is 793. The van der Waals surface area contributed by atoms with Crippen LogP contribution in [0.1, 0.15) is 41.4 Å². The number of benzene rings is 1. The highest BCUT2D eigenvalue weighted by atomic mass is 19.1. The molecule has 6 nitrogen and oxygen atoms in total. The van der Waals surface area contributed by atoms with Crippen molar-refractivity contribution in [3.05, 3.63) is 53.7 Å². The summed E-state index contributed by atoms with van der Waals surface area (Å²) in [5.41, 5.74) is 1.31. The summed E-state index contributed by atoms with van der Waals surface area (Å²) in [6, 6.07) is 6.36. The second-order valence-corrected chi connectivity index (χ2v) is 6.97. The molecule has 0 spiro atoms. The highest BCUT2D eigenvalue weighted by molar-refractivity contribution is 5.92. The van der Waals surface area contributed by atoms with Crippen molar-refractivity contribution < 1.29 is 13.9 Å². The molecule has 7 heteroatoms. The van der Waals surface area contributed by atoms with Gasteiger partial charge in [-0.05, 0) is 37.0 Å². The Morgan fingerprint density at radius 3 is 2.63 bits per heavy atom. The third kappa shape index (κ3) is 4.08. The number of carbonyl (C=O) groups excluding carboxylic acids is 1. The second kappa shape index (κ2) is 8.00. The highest BCUT2D eigenvalue weighted by Gasteiger charge is 2.25. The fourth-order valence-electron chi connectivity index (χ4n) is 3.61. The van der Waals surface area contributed by atoms with Gasteiger partial charge in [0.1, 0.15) is 23.4 Å². The number of aromatic nitrogens is 2. The fourth-order valence-corrected chi connectivity index (χ4v) is 3.61. The maximum atomic E-state index is 13.2. The van der Waals surface area contributed by atoms with Crippen molar-refractivity contribution in [2.24, 2.45) is 0 Å². The Hall–Kier alpha value is -2.54. The van der Waals surface area contributed by atoms with Gasteiger partial charge in [0.05, 0.1) is 19.0 Å². The molecule has 2 saturated heterocycles. The van der Waals surface area contributed by atoms with Crippen LogP contribution in [-0.4, -0.2) is 53.6 Å². The molecule has 27 heavy (non-hydrogen) atoms. The first-order valence-electron chi connectivity index (χ1n) is 9.44. The third-order valence-electron chi connectivity index (χ3n) is 5.12. The van der Waals surface area contributed by atoms with Crippen LogP contribution in [0.3, 0.4) is 0 Å². The van der Waals surface area contributed by atoms with E-state index in [9.17, 15) is 9.18 Å². The summed E-state index contributed by atoms with van der Waals surface area (Å²) >= 11 is 0. The minimum atomic E-state index is -0.263. The van der Waals surface area contributed by atoms with E-state index in [1.807, 2.05) is 4.90 Å². The van der Waals surface area contributed by atoms with Gasteiger partial charge in [-0.15, -0.1) is 0 Å². The lowest BCUT2D eigenvalue weighted by molar-refractivity contribution is 0.0394. The van der Waals surface area contributed by atoms with Crippen LogP contribution in [0.4, 0.5) is 10.2 Å². The average Bonchev–Trinajstić information content (AvgIpc) is 2.74. The first kappa shape index (κ1) is 17.9. The molecule has 0 bridgehead atoms. The molecule has 3 heterocycles. The van der Waals surface area contributed by atoms with E-state index in [4.69, 9.17) is 4.74 Å². The summed E-state index contributed by atoms with van der Waals surface area (Å²) < 4.78 is 19.0. The van der Waals surface area contributed by atoms with Crippen LogP contribution in [0.15, 0.2) is 36.7 Å². The lowest BCUT2D eigenvalue weighted by atomic mass is 10.1. The summed E-state index contributed by atoms with van der Waals surface area (Å²) in [5.74, 6) is 0.363. The van der Waals surface area contributed by atoms with Crippen molar-refractivity contribution in [3.8, 4) is 0 Å². The third-order valence-corrected chi connectivity index (χ3v) is 5.12. The minimum Gasteiger partial charge on any atom is -0.370 e. The van der Waals surface area contributed by atoms with Crippen LogP contribution in [0.2, 0.25) is 0 Å². The highest BCUT2D eigenvalue weighted by Crippen LogP contribution is 2.25. The maximum Gasteiger partial charge on any atom is 0.274 e. The molecule has 0 radical (unpaired) electrons. The van der Waals surface area contributed by atoms with E-state index in [-0.39, 0.29) is 17.8 Å². The first-order valence-corrected chi connectivity index (χ1v) is 9.44. The number of morpholine rings is 1. The van der Waals surface area contributed by atoms with Gasteiger partial charge in [0.2, 0.25) is 0 Å². The molecule has 4 rings (SSSR count). The van der Waals surface area contributed by atoms with E-state index in [2.05, 4.69) is 14.9 Å². The van der Waals surface area contributed by atoms with Gasteiger partial charge in [0.25, 0.3) is 5.91 Å². The number of hydrogen-bond acceptors (Lipinski definition) is 5. The zero-order valence-electron chi connectivity index (χ0n) is 15.2. The number of amides is 1. The van der Waals surface area contributed by atoms with Crippen LogP contribution in [-0.2, 0) is 4.74 Å². The molecule has 0 N–H and O–H groups in total. The minimum absolute atomic E-state index is 0.0487. The first-order chi connectivity index (χ1) is 13.2. The molecule has 0 aliphatic carbocycles. The average molecular weight is 370 g/mol. The van der Waals surface area contributed by atoms with Crippen LogP contribution in [0, 0.1) is 5.82 Å². The molecule has 0 saturated carbocycles. The predicted octanol–water partition coefficient (Wildman–Crippen LogP) is 2.82. The monoisotopic (exact) mass is 370 g/mol. The Balaban J connectivity index is 1.49. The Morgan fingerprint density at radius 2 is 1.85 bits per heavy atom. The van der Waals surface area contributed by atoms with Gasteiger partial charge in [-0.25, -0.2) is 9.37 Å². The summed E-state index contributed by atoms with van der Waals surface area (Å²) in [6.45, 7) is 3.37. The zero-order chi connectivity index (χ0) is 18.6. The number of likely N-dealkylation sites (tertiary alicyclic amines) is 1. The van der Waals surface area contributed by atoms with Gasteiger partial charge >= 0.3 is 0 Å². The largest absolute Gasteiger partial charge is 0.370 e. The lowest BCUT2D eigenvalue weighted by Gasteiger charge is -2.34. The summed E-state index contributed by atoms with van der Waals surface area (Å²) in [7, 11) is 0. The van der Waals surface area contributed by atoms with Crippen molar-refractivity contribution in [1.29, 1.82) is 0 Å². The number of piperidine rings is 1. The second-order valence-electron chi connectivity index (χ2n) is 6.97. The molecular weight excluding hydrogens is 347 g/mol. The fraction of sp³-hybridized carbons (Fsp3) is 0.450. The van der Waals surface area contributed by atoms with Crippen LogP contribution in [0.5, 0.6) is 0 Å². The number of ether oxygens (including phenoxy) is 1. The van der Waals surface area contributed by atoms with E-state index in [0.29, 0.717) is 31.2 Å². The molecule has 2 aliphatic heterocycles. The summed E-state index contributed by atoms with van der Waals surface area (Å²) in [4.78, 5) is 25.4. The number of carbonyl (C=O) groups is 1. The van der Waals surface area contributed by atoms with Gasteiger partial charge in [-0.2, -0.15) is 0 Å². The van der Waals surface area contributed by atoms with Gasteiger partial charge < -0.3 is 14.5 Å². The van der Waals surface area contributed by atoms with Crippen molar-refractivity contribution >= 4 is 11.7 Å². The van der Waals surface area contributed by atoms with Crippen molar-refractivity contribution in [3.63, 3.8) is 0 Å². The number of anilines is 1. The number of hydrogen-bond donors (Lipinski definition) is 0. The van der Waals surface area contributed by atoms with E-state index in [1.165, 1.54) is 18.6 Å². The Labute approximate surface area is 158 Å². The van der Waals surface area contributed by atoms with E-state index in [1.54, 1.807) is 24.5 Å². The summed E-state index contributed by atoms with van der Waals surface area (Å²) in [6.07, 6.45) is 6.32. The molecular formula is C20H23FN4O2. The summed E-state index contributed by atoms with van der Waals surface area (Å²) in [5, 5.41) is 0. The Kier molecular flexibility index (Phi) is 5.29. The molecule has 2 aliphatic rings. The molecule has 2 fully saturated rings. The maximum absolute atomic E-state index is 13.2. The number of rotatable bonds is 3. The normalized spacial score (nSPS) is 20.6. The quantitative estimate of drug-likeness (QED) is 0.832. The van der Waals surface area contributed by atoms with E-state index >= 15 is 0 Å². The van der Waals surface area contributed by atoms with E-state index in [0.717, 1.165) is 31.5 Å². The molecule has 2 aromatic rings. The number of nitrogens with zero attached hydrogens (tertiary/aromatic N) is 4. The van der Waals surface area contributed by atoms with Gasteiger partial charge in [-0.3, -0.25) is 9.78 Å².